The molecule has 106 valence electrons. The van der Waals surface area contributed by atoms with E-state index in [9.17, 15) is 22.8 Å². The van der Waals surface area contributed by atoms with Crippen LogP contribution >= 0.6 is 0 Å². The fraction of sp³-hybridized carbons (Fsp3) is 0.444. The Balaban J connectivity index is 2.74. The van der Waals surface area contributed by atoms with Crippen LogP contribution in [0.1, 0.15) is 13.3 Å². The topological polar surface area (TPSA) is 138 Å². The molecule has 1 rings (SSSR count). The highest BCUT2D eigenvalue weighted by Gasteiger charge is 2.18. The fourth-order valence-corrected chi connectivity index (χ4v) is 2.23. The Morgan fingerprint density at radius 3 is 2.68 bits per heavy atom. The molecule has 1 aromatic rings. The Hall–Kier alpha value is -1.94. The third-order valence-electron chi connectivity index (χ3n) is 2.00. The molecule has 0 atom stereocenters. The van der Waals surface area contributed by atoms with Crippen molar-refractivity contribution >= 4 is 16.0 Å². The molecule has 0 saturated carbocycles. The first-order valence-electron chi connectivity index (χ1n) is 5.34. The van der Waals surface area contributed by atoms with Gasteiger partial charge in [0.25, 0.3) is 5.56 Å². The number of rotatable bonds is 6. The number of nitrogens with one attached hydrogen (secondary N) is 3. The van der Waals surface area contributed by atoms with Crippen molar-refractivity contribution in [3.05, 3.63) is 27.0 Å². The zero-order chi connectivity index (χ0) is 14.5. The normalized spacial score (nSPS) is 11.2. The van der Waals surface area contributed by atoms with Gasteiger partial charge in [0.15, 0.2) is 4.90 Å². The van der Waals surface area contributed by atoms with Crippen LogP contribution in [0.2, 0.25) is 0 Å². The highest BCUT2D eigenvalue weighted by Crippen LogP contribution is 1.98. The van der Waals surface area contributed by atoms with E-state index in [1.54, 1.807) is 11.9 Å². The minimum absolute atomic E-state index is 0.158. The number of ether oxygens (including phenoxy) is 1. The molecule has 0 radical (unpaired) electrons. The second kappa shape index (κ2) is 6.29. The van der Waals surface area contributed by atoms with E-state index in [0.29, 0.717) is 0 Å². The molecule has 1 aromatic heterocycles. The van der Waals surface area contributed by atoms with Crippen LogP contribution < -0.4 is 16.0 Å². The van der Waals surface area contributed by atoms with E-state index in [4.69, 9.17) is 0 Å². The Bertz CT molecular complexity index is 659. The van der Waals surface area contributed by atoms with Gasteiger partial charge >= 0.3 is 11.7 Å². The lowest BCUT2D eigenvalue weighted by atomic mass is 10.4. The maximum Gasteiger partial charge on any atom is 0.325 e. The van der Waals surface area contributed by atoms with Crippen molar-refractivity contribution in [1.29, 1.82) is 0 Å². The van der Waals surface area contributed by atoms with Gasteiger partial charge < -0.3 is 9.72 Å². The molecule has 0 amide bonds. The number of hydrogen-bond acceptors (Lipinski definition) is 6. The lowest BCUT2D eigenvalue weighted by Crippen LogP contribution is -2.34. The molecule has 0 saturated heterocycles. The van der Waals surface area contributed by atoms with Crippen LogP contribution in [0.4, 0.5) is 0 Å². The number of carbonyl (C=O) groups is 1. The smallest absolute Gasteiger partial charge is 0.325 e. The standard InChI is InChI=1S/C9H13N3O6S/c1-2-18-7(13)3-4-11-19(16,17)6-5-10-9(15)12-8(6)14/h5,11H,2-4H2,1H3,(H2,10,12,14,15). The predicted molar refractivity (Wildman–Crippen MR) is 64.1 cm³/mol. The molecular formula is C9H13N3O6S. The van der Waals surface area contributed by atoms with E-state index < -0.39 is 32.1 Å². The van der Waals surface area contributed by atoms with Crippen LogP contribution in [-0.2, 0) is 19.6 Å². The van der Waals surface area contributed by atoms with Crippen LogP contribution in [-0.4, -0.2) is 37.5 Å². The molecule has 0 bridgehead atoms. The van der Waals surface area contributed by atoms with Crippen molar-refractivity contribution in [1.82, 2.24) is 14.7 Å². The lowest BCUT2D eigenvalue weighted by Gasteiger charge is -2.05. The van der Waals surface area contributed by atoms with E-state index in [1.165, 1.54) is 0 Å². The van der Waals surface area contributed by atoms with Crippen molar-refractivity contribution in [2.75, 3.05) is 13.2 Å². The van der Waals surface area contributed by atoms with Crippen LogP contribution in [0.3, 0.4) is 0 Å². The van der Waals surface area contributed by atoms with Gasteiger partial charge in [-0.05, 0) is 6.92 Å². The Morgan fingerprint density at radius 2 is 2.11 bits per heavy atom. The molecule has 0 aliphatic heterocycles. The van der Waals surface area contributed by atoms with E-state index in [1.807, 2.05) is 4.98 Å². The van der Waals surface area contributed by atoms with Crippen molar-refractivity contribution in [2.24, 2.45) is 0 Å². The van der Waals surface area contributed by atoms with E-state index in [-0.39, 0.29) is 19.6 Å². The molecular weight excluding hydrogens is 278 g/mol. The molecule has 0 aliphatic rings. The third-order valence-corrected chi connectivity index (χ3v) is 3.47. The maximum atomic E-state index is 11.7. The van der Waals surface area contributed by atoms with Crippen molar-refractivity contribution in [2.45, 2.75) is 18.2 Å². The van der Waals surface area contributed by atoms with Crippen LogP contribution in [0.25, 0.3) is 0 Å². The summed E-state index contributed by atoms with van der Waals surface area (Å²) in [5.41, 5.74) is -1.84. The number of sulfonamides is 1. The minimum Gasteiger partial charge on any atom is -0.466 e. The van der Waals surface area contributed by atoms with Gasteiger partial charge in [-0.1, -0.05) is 0 Å². The molecule has 0 spiro atoms. The highest BCUT2D eigenvalue weighted by atomic mass is 32.2. The molecule has 10 heteroatoms. The maximum absolute atomic E-state index is 11.7. The van der Waals surface area contributed by atoms with Gasteiger partial charge in [-0.15, -0.1) is 0 Å². The highest BCUT2D eigenvalue weighted by molar-refractivity contribution is 7.89. The zero-order valence-corrected chi connectivity index (χ0v) is 10.9. The molecule has 9 nitrogen and oxygen atoms in total. The monoisotopic (exact) mass is 291 g/mol. The number of esters is 1. The van der Waals surface area contributed by atoms with Crippen molar-refractivity contribution in [3.63, 3.8) is 0 Å². The lowest BCUT2D eigenvalue weighted by molar-refractivity contribution is -0.142. The van der Waals surface area contributed by atoms with Crippen molar-refractivity contribution in [3.8, 4) is 0 Å². The van der Waals surface area contributed by atoms with Gasteiger partial charge in [-0.25, -0.2) is 17.9 Å². The SMILES string of the molecule is CCOC(=O)CCNS(=O)(=O)c1c[nH]c(=O)[nH]c1=O. The molecule has 1 heterocycles. The molecule has 0 fully saturated rings. The van der Waals surface area contributed by atoms with E-state index in [0.717, 1.165) is 6.20 Å². The number of hydrogen-bond donors (Lipinski definition) is 3. The van der Waals surface area contributed by atoms with Gasteiger partial charge in [0.2, 0.25) is 10.0 Å². The van der Waals surface area contributed by atoms with Gasteiger partial charge in [0.05, 0.1) is 13.0 Å². The Morgan fingerprint density at radius 1 is 1.42 bits per heavy atom. The van der Waals surface area contributed by atoms with Crippen LogP contribution in [0, 0.1) is 0 Å². The number of carbonyl (C=O) groups excluding carboxylic acids is 1. The first kappa shape index (κ1) is 15.1. The predicted octanol–water partition coefficient (Wildman–Crippen LogP) is -1.71. The second-order valence-corrected chi connectivity index (χ2v) is 5.12. The average Bonchev–Trinajstić information content (AvgIpc) is 2.28. The quantitative estimate of drug-likeness (QED) is 0.534. The van der Waals surface area contributed by atoms with Crippen molar-refractivity contribution < 1.29 is 17.9 Å². The molecule has 19 heavy (non-hydrogen) atoms. The summed E-state index contributed by atoms with van der Waals surface area (Å²) in [6.07, 6.45) is 0.627. The van der Waals surface area contributed by atoms with Crippen LogP contribution in [0.15, 0.2) is 20.7 Å². The average molecular weight is 291 g/mol. The molecule has 0 aromatic carbocycles. The van der Waals surface area contributed by atoms with Crippen LogP contribution in [0.5, 0.6) is 0 Å². The van der Waals surface area contributed by atoms with E-state index in [2.05, 4.69) is 9.46 Å². The molecule has 0 unspecified atom stereocenters. The second-order valence-electron chi connectivity index (χ2n) is 3.39. The summed E-state index contributed by atoms with van der Waals surface area (Å²) in [7, 11) is -4.09. The minimum atomic E-state index is -4.09. The Kier molecular flexibility index (Phi) is 5.01. The number of H-pyrrole nitrogens is 2. The molecule has 3 N–H and O–H groups in total. The van der Waals surface area contributed by atoms with E-state index >= 15 is 0 Å². The first-order chi connectivity index (χ1) is 8.86. The summed E-state index contributed by atoms with van der Waals surface area (Å²) in [6, 6.07) is 0. The zero-order valence-electron chi connectivity index (χ0n) is 10.1. The van der Waals surface area contributed by atoms with Gasteiger partial charge in [0.1, 0.15) is 0 Å². The third kappa shape index (κ3) is 4.34. The number of aromatic nitrogens is 2. The fourth-order valence-electron chi connectivity index (χ4n) is 1.20. The number of aromatic amines is 2. The first-order valence-corrected chi connectivity index (χ1v) is 6.82. The summed E-state index contributed by atoms with van der Waals surface area (Å²) in [6.45, 7) is 1.62. The summed E-state index contributed by atoms with van der Waals surface area (Å²) in [5.74, 6) is -0.555. The summed E-state index contributed by atoms with van der Waals surface area (Å²) >= 11 is 0. The van der Waals surface area contributed by atoms with Gasteiger partial charge in [0, 0.05) is 12.7 Å². The van der Waals surface area contributed by atoms with Gasteiger partial charge in [-0.2, -0.15) is 0 Å². The summed E-state index contributed by atoms with van der Waals surface area (Å²) in [4.78, 5) is 36.3. The Labute approximate surface area is 108 Å². The summed E-state index contributed by atoms with van der Waals surface area (Å²) < 4.78 is 30.1. The largest absolute Gasteiger partial charge is 0.466 e. The molecule has 0 aliphatic carbocycles. The van der Waals surface area contributed by atoms with Gasteiger partial charge in [-0.3, -0.25) is 14.6 Å². The summed E-state index contributed by atoms with van der Waals surface area (Å²) in [5, 5.41) is 0.